The number of carbonyl (C=O) groups is 2. The highest BCUT2D eigenvalue weighted by atomic mass is 16.4. The molecule has 3 N–H and O–H groups in total. The summed E-state index contributed by atoms with van der Waals surface area (Å²) in [7, 11) is 0. The van der Waals surface area contributed by atoms with Gasteiger partial charge in [0.2, 0.25) is 0 Å². The van der Waals surface area contributed by atoms with E-state index in [0.29, 0.717) is 12.3 Å². The molecule has 1 aliphatic carbocycles. The maximum atomic E-state index is 11.6. The number of carboxylic acids is 1. The lowest BCUT2D eigenvalue weighted by atomic mass is 10.0. The molecule has 2 unspecified atom stereocenters. The first-order chi connectivity index (χ1) is 7.93. The highest BCUT2D eigenvalue weighted by Crippen LogP contribution is 2.32. The quantitative estimate of drug-likeness (QED) is 0.661. The van der Waals surface area contributed by atoms with Crippen LogP contribution >= 0.6 is 0 Å². The summed E-state index contributed by atoms with van der Waals surface area (Å²) in [5, 5.41) is 14.3. The highest BCUT2D eigenvalue weighted by molar-refractivity contribution is 5.82. The van der Waals surface area contributed by atoms with Crippen molar-refractivity contribution in [2.75, 3.05) is 0 Å². The molecule has 0 aromatic heterocycles. The SMILES string of the molecule is CCC1CC1NC(=O)N[C@H](CC(C)C)C(=O)O. The molecular weight excluding hydrogens is 220 g/mol. The molecule has 0 heterocycles. The Morgan fingerprint density at radius 1 is 1.41 bits per heavy atom. The number of amides is 2. The summed E-state index contributed by atoms with van der Waals surface area (Å²) in [5.74, 6) is -0.175. The highest BCUT2D eigenvalue weighted by Gasteiger charge is 2.37. The van der Waals surface area contributed by atoms with Gasteiger partial charge in [0.25, 0.3) is 0 Å². The molecule has 0 aromatic carbocycles. The van der Waals surface area contributed by atoms with E-state index in [0.717, 1.165) is 12.8 Å². The molecule has 3 atom stereocenters. The van der Waals surface area contributed by atoms with Crippen LogP contribution in [0.5, 0.6) is 0 Å². The molecule has 0 saturated heterocycles. The van der Waals surface area contributed by atoms with E-state index < -0.39 is 12.0 Å². The Balaban J connectivity index is 2.34. The topological polar surface area (TPSA) is 78.4 Å². The van der Waals surface area contributed by atoms with Crippen LogP contribution in [0.1, 0.15) is 40.0 Å². The van der Waals surface area contributed by atoms with Crippen molar-refractivity contribution in [3.8, 4) is 0 Å². The van der Waals surface area contributed by atoms with Crippen LogP contribution in [0.25, 0.3) is 0 Å². The molecule has 0 aromatic rings. The second-order valence-corrected chi connectivity index (χ2v) is 5.15. The molecule has 2 amide bonds. The molecule has 17 heavy (non-hydrogen) atoms. The molecule has 98 valence electrons. The molecule has 1 saturated carbocycles. The number of urea groups is 1. The van der Waals surface area contributed by atoms with Crippen molar-refractivity contribution in [3.05, 3.63) is 0 Å². The normalized spacial score (nSPS) is 24.2. The van der Waals surface area contributed by atoms with Crippen LogP contribution in [0, 0.1) is 11.8 Å². The number of hydrogen-bond acceptors (Lipinski definition) is 2. The van der Waals surface area contributed by atoms with Gasteiger partial charge in [0.05, 0.1) is 0 Å². The number of carbonyl (C=O) groups excluding carboxylic acids is 1. The minimum absolute atomic E-state index is 0.230. The van der Waals surface area contributed by atoms with E-state index in [-0.39, 0.29) is 18.0 Å². The third kappa shape index (κ3) is 4.63. The Morgan fingerprint density at radius 3 is 2.47 bits per heavy atom. The Bertz CT molecular complexity index is 291. The lowest BCUT2D eigenvalue weighted by molar-refractivity contribution is -0.139. The van der Waals surface area contributed by atoms with Crippen molar-refractivity contribution in [2.24, 2.45) is 11.8 Å². The predicted octanol–water partition coefficient (Wildman–Crippen LogP) is 1.58. The Hall–Kier alpha value is -1.26. The van der Waals surface area contributed by atoms with Crippen LogP contribution in [0.4, 0.5) is 4.79 Å². The van der Waals surface area contributed by atoms with Crippen molar-refractivity contribution in [1.29, 1.82) is 0 Å². The van der Waals surface area contributed by atoms with Gasteiger partial charge < -0.3 is 15.7 Å². The van der Waals surface area contributed by atoms with Crippen molar-refractivity contribution in [2.45, 2.75) is 52.1 Å². The second kappa shape index (κ2) is 5.89. The zero-order chi connectivity index (χ0) is 13.0. The van der Waals surface area contributed by atoms with Gasteiger partial charge in [-0.3, -0.25) is 0 Å². The van der Waals surface area contributed by atoms with Crippen LogP contribution in [-0.2, 0) is 4.79 Å². The van der Waals surface area contributed by atoms with E-state index in [1.165, 1.54) is 0 Å². The molecule has 0 spiro atoms. The van der Waals surface area contributed by atoms with Gasteiger partial charge in [-0.25, -0.2) is 9.59 Å². The van der Waals surface area contributed by atoms with Crippen LogP contribution in [0.15, 0.2) is 0 Å². The van der Waals surface area contributed by atoms with Crippen molar-refractivity contribution in [1.82, 2.24) is 10.6 Å². The van der Waals surface area contributed by atoms with E-state index in [1.54, 1.807) is 0 Å². The first-order valence-corrected chi connectivity index (χ1v) is 6.23. The Kier molecular flexibility index (Phi) is 4.78. The minimum atomic E-state index is -0.975. The van der Waals surface area contributed by atoms with Gasteiger partial charge in [-0.2, -0.15) is 0 Å². The second-order valence-electron chi connectivity index (χ2n) is 5.15. The van der Waals surface area contributed by atoms with Crippen molar-refractivity contribution in [3.63, 3.8) is 0 Å². The fourth-order valence-corrected chi connectivity index (χ4v) is 1.94. The third-order valence-electron chi connectivity index (χ3n) is 3.07. The molecule has 1 fully saturated rings. The maximum Gasteiger partial charge on any atom is 0.326 e. The number of rotatable bonds is 6. The average molecular weight is 242 g/mol. The van der Waals surface area contributed by atoms with E-state index in [2.05, 4.69) is 17.6 Å². The van der Waals surface area contributed by atoms with Crippen molar-refractivity contribution < 1.29 is 14.7 Å². The number of aliphatic carboxylic acids is 1. The van der Waals surface area contributed by atoms with E-state index in [1.807, 2.05) is 13.8 Å². The maximum absolute atomic E-state index is 11.6. The monoisotopic (exact) mass is 242 g/mol. The molecule has 0 radical (unpaired) electrons. The summed E-state index contributed by atoms with van der Waals surface area (Å²) in [6.45, 7) is 5.95. The molecule has 0 aliphatic heterocycles. The van der Waals surface area contributed by atoms with E-state index >= 15 is 0 Å². The molecule has 1 rings (SSSR count). The van der Waals surface area contributed by atoms with Crippen LogP contribution in [0.3, 0.4) is 0 Å². The predicted molar refractivity (Wildman–Crippen MR) is 64.7 cm³/mol. The van der Waals surface area contributed by atoms with Gasteiger partial charge in [0.15, 0.2) is 0 Å². The molecule has 5 heteroatoms. The average Bonchev–Trinajstić information content (AvgIpc) is 2.94. The van der Waals surface area contributed by atoms with E-state index in [4.69, 9.17) is 5.11 Å². The first-order valence-electron chi connectivity index (χ1n) is 6.23. The fraction of sp³-hybridized carbons (Fsp3) is 0.833. The van der Waals surface area contributed by atoms with Gasteiger partial charge in [-0.05, 0) is 24.7 Å². The van der Waals surface area contributed by atoms with Gasteiger partial charge in [-0.15, -0.1) is 0 Å². The zero-order valence-electron chi connectivity index (χ0n) is 10.7. The van der Waals surface area contributed by atoms with Crippen LogP contribution < -0.4 is 10.6 Å². The molecule has 5 nitrogen and oxygen atoms in total. The number of hydrogen-bond donors (Lipinski definition) is 3. The summed E-state index contributed by atoms with van der Waals surface area (Å²) in [6.07, 6.45) is 2.51. The third-order valence-corrected chi connectivity index (χ3v) is 3.07. The molecule has 1 aliphatic rings. The lowest BCUT2D eigenvalue weighted by Crippen LogP contribution is -2.47. The van der Waals surface area contributed by atoms with E-state index in [9.17, 15) is 9.59 Å². The van der Waals surface area contributed by atoms with Crippen LogP contribution in [-0.4, -0.2) is 29.2 Å². The first kappa shape index (κ1) is 13.8. The fourth-order valence-electron chi connectivity index (χ4n) is 1.94. The molecular formula is C12H22N2O3. The summed E-state index contributed by atoms with van der Waals surface area (Å²) in [5.41, 5.74) is 0. The zero-order valence-corrected chi connectivity index (χ0v) is 10.7. The summed E-state index contributed by atoms with van der Waals surface area (Å²) < 4.78 is 0. The van der Waals surface area contributed by atoms with Crippen LogP contribution in [0.2, 0.25) is 0 Å². The van der Waals surface area contributed by atoms with Gasteiger partial charge in [0, 0.05) is 6.04 Å². The molecule has 0 bridgehead atoms. The Morgan fingerprint density at radius 2 is 2.06 bits per heavy atom. The summed E-state index contributed by atoms with van der Waals surface area (Å²) in [6, 6.07) is -0.929. The summed E-state index contributed by atoms with van der Waals surface area (Å²) >= 11 is 0. The number of nitrogens with one attached hydrogen (secondary N) is 2. The van der Waals surface area contributed by atoms with Gasteiger partial charge in [0.1, 0.15) is 6.04 Å². The lowest BCUT2D eigenvalue weighted by Gasteiger charge is -2.16. The van der Waals surface area contributed by atoms with Gasteiger partial charge in [-0.1, -0.05) is 27.2 Å². The Labute approximate surface area is 102 Å². The largest absolute Gasteiger partial charge is 0.480 e. The summed E-state index contributed by atoms with van der Waals surface area (Å²) in [4.78, 5) is 22.5. The standard InChI is InChI=1S/C12H22N2O3/c1-4-8-6-9(8)13-12(17)14-10(11(15)16)5-7(2)3/h7-10H,4-6H2,1-3H3,(H,15,16)(H2,13,14,17)/t8?,9?,10-/m1/s1. The van der Waals surface area contributed by atoms with Crippen molar-refractivity contribution >= 4 is 12.0 Å². The minimum Gasteiger partial charge on any atom is -0.480 e. The van der Waals surface area contributed by atoms with Gasteiger partial charge >= 0.3 is 12.0 Å². The smallest absolute Gasteiger partial charge is 0.326 e. The number of carboxylic acid groups (broad SMARTS) is 1.